The maximum absolute atomic E-state index is 9.14. The van der Waals surface area contributed by atoms with Crippen LogP contribution in [0.2, 0.25) is 0 Å². The second kappa shape index (κ2) is 20.9. The van der Waals surface area contributed by atoms with Crippen molar-refractivity contribution in [2.24, 2.45) is 0 Å². The first kappa shape index (κ1) is 25.4. The van der Waals surface area contributed by atoms with Crippen LogP contribution in [0.15, 0.2) is 25.3 Å². The zero-order chi connectivity index (χ0) is 13.6. The predicted molar refractivity (Wildman–Crippen MR) is 56.3 cm³/mol. The molecule has 0 fully saturated rings. The molecule has 0 atom stereocenters. The Kier molecular flexibility index (Phi) is 31.3. The van der Waals surface area contributed by atoms with Gasteiger partial charge in [0.2, 0.25) is 0 Å². The molecule has 0 radical (unpaired) electrons. The molecule has 0 rings (SSSR count). The summed E-state index contributed by atoms with van der Waals surface area (Å²) in [5, 5.41) is 42.3. The summed E-state index contributed by atoms with van der Waals surface area (Å²) in [6.45, 7) is 5.07. The molecule has 0 aliphatic heterocycles. The molecular formula is C9H14CaO7. The van der Waals surface area contributed by atoms with Crippen LogP contribution in [0.5, 0.6) is 0 Å². The van der Waals surface area contributed by atoms with Gasteiger partial charge >= 0.3 is 37.7 Å². The number of hydrogen-bond donors (Lipinski definition) is 3. The minimum atomic E-state index is -1.23. The molecule has 0 aliphatic carbocycles. The molecule has 0 bridgehead atoms. The van der Waals surface area contributed by atoms with Gasteiger partial charge < -0.3 is 35.1 Å². The molecule has 0 spiro atoms. The number of aliphatic carboxylic acids is 2. The van der Waals surface area contributed by atoms with Crippen molar-refractivity contribution in [2.45, 2.75) is 6.10 Å². The van der Waals surface area contributed by atoms with Crippen molar-refractivity contribution in [3.05, 3.63) is 25.3 Å². The molecule has 0 saturated carbocycles. The van der Waals surface area contributed by atoms with E-state index in [1.807, 2.05) is 0 Å². The standard InChI is InChI=1S/C3H8O3.2C3H4O2.Ca/c4-1-3(6)2-5;2*1-2-3(4)5;/h3-6H,1-2H2;2*2H,1H2,(H,4,5);/q;;;+2/p-2. The van der Waals surface area contributed by atoms with E-state index in [4.69, 9.17) is 35.1 Å². The van der Waals surface area contributed by atoms with E-state index in [0.29, 0.717) is 0 Å². The summed E-state index contributed by atoms with van der Waals surface area (Å²) in [5.41, 5.74) is 0. The van der Waals surface area contributed by atoms with Gasteiger partial charge in [0.15, 0.2) is 0 Å². The van der Waals surface area contributed by atoms with Gasteiger partial charge in [0.1, 0.15) is 6.10 Å². The number of carbonyl (C=O) groups excluding carboxylic acids is 2. The SMILES string of the molecule is C=CC(=O)[O-].C=CC(=O)[O-].OCC(O)CO.[Ca+2]. The van der Waals surface area contributed by atoms with Crippen LogP contribution in [0.4, 0.5) is 0 Å². The van der Waals surface area contributed by atoms with Crippen LogP contribution >= 0.6 is 0 Å². The Morgan fingerprint density at radius 2 is 1.24 bits per heavy atom. The number of rotatable bonds is 4. The zero-order valence-electron chi connectivity index (χ0n) is 9.24. The maximum Gasteiger partial charge on any atom is 2.00 e. The summed E-state index contributed by atoms with van der Waals surface area (Å²) >= 11 is 0. The van der Waals surface area contributed by atoms with Gasteiger partial charge in [-0.2, -0.15) is 0 Å². The fraction of sp³-hybridized carbons (Fsp3) is 0.333. The van der Waals surface area contributed by atoms with E-state index in [2.05, 4.69) is 13.2 Å². The molecule has 0 aromatic carbocycles. The topological polar surface area (TPSA) is 141 Å². The number of hydrogen-bond acceptors (Lipinski definition) is 7. The Labute approximate surface area is 129 Å². The van der Waals surface area contributed by atoms with Gasteiger partial charge in [-0.05, 0) is 12.2 Å². The molecule has 0 saturated heterocycles. The molecule has 0 amide bonds. The first-order valence-electron chi connectivity index (χ1n) is 3.92. The second-order valence-corrected chi connectivity index (χ2v) is 2.07. The first-order chi connectivity index (χ1) is 7.35. The average Bonchev–Trinajstić information content (AvgIpc) is 2.29. The fourth-order valence-electron chi connectivity index (χ4n) is 0.0577. The van der Waals surface area contributed by atoms with Crippen LogP contribution in [-0.4, -0.2) is 84.3 Å². The van der Waals surface area contributed by atoms with Crippen LogP contribution < -0.4 is 10.2 Å². The van der Waals surface area contributed by atoms with Crippen molar-refractivity contribution in [3.63, 3.8) is 0 Å². The Balaban J connectivity index is -0.0000000729. The van der Waals surface area contributed by atoms with Crippen LogP contribution in [0, 0.1) is 0 Å². The number of carboxylic acids is 2. The number of carboxylic acid groups (broad SMARTS) is 2. The van der Waals surface area contributed by atoms with Gasteiger partial charge in [-0.25, -0.2) is 0 Å². The fourth-order valence-corrected chi connectivity index (χ4v) is 0.0577. The summed E-state index contributed by atoms with van der Waals surface area (Å²) in [6, 6.07) is 0. The molecule has 0 heterocycles. The molecule has 0 unspecified atom stereocenters. The van der Waals surface area contributed by atoms with E-state index >= 15 is 0 Å². The smallest absolute Gasteiger partial charge is 0.545 e. The van der Waals surface area contributed by atoms with E-state index < -0.39 is 18.0 Å². The van der Waals surface area contributed by atoms with Crippen molar-refractivity contribution in [1.82, 2.24) is 0 Å². The van der Waals surface area contributed by atoms with Crippen LogP contribution in [-0.2, 0) is 9.59 Å². The summed E-state index contributed by atoms with van der Waals surface area (Å²) in [4.78, 5) is 18.3. The number of aliphatic hydroxyl groups excluding tert-OH is 3. The van der Waals surface area contributed by atoms with E-state index in [-0.39, 0.29) is 51.0 Å². The zero-order valence-corrected chi connectivity index (χ0v) is 11.5. The van der Waals surface area contributed by atoms with Gasteiger partial charge in [-0.3, -0.25) is 0 Å². The van der Waals surface area contributed by atoms with Crippen LogP contribution in [0.25, 0.3) is 0 Å². The Hall–Kier alpha value is -0.440. The number of carbonyl (C=O) groups is 2. The van der Waals surface area contributed by atoms with Crippen LogP contribution in [0.3, 0.4) is 0 Å². The maximum atomic E-state index is 9.14. The molecule has 0 aromatic heterocycles. The molecule has 0 aliphatic rings. The molecule has 8 heteroatoms. The molecule has 7 nitrogen and oxygen atoms in total. The summed E-state index contributed by atoms with van der Waals surface area (Å²) in [6.07, 6.45) is 0.491. The predicted octanol–water partition coefficient (Wildman–Crippen LogP) is -4.20. The summed E-state index contributed by atoms with van der Waals surface area (Å²) < 4.78 is 0. The Morgan fingerprint density at radius 1 is 1.06 bits per heavy atom. The van der Waals surface area contributed by atoms with Crippen molar-refractivity contribution >= 4 is 49.7 Å². The van der Waals surface area contributed by atoms with Gasteiger partial charge in [0.25, 0.3) is 0 Å². The third-order valence-corrected chi connectivity index (χ3v) is 0.755. The minimum absolute atomic E-state index is 0. The van der Waals surface area contributed by atoms with Gasteiger partial charge in [-0.1, -0.05) is 13.2 Å². The van der Waals surface area contributed by atoms with Crippen LogP contribution in [0.1, 0.15) is 0 Å². The van der Waals surface area contributed by atoms with Gasteiger partial charge in [0, 0.05) is 0 Å². The second-order valence-electron chi connectivity index (χ2n) is 2.07. The van der Waals surface area contributed by atoms with Crippen molar-refractivity contribution in [3.8, 4) is 0 Å². The number of aliphatic hydroxyl groups is 3. The quantitative estimate of drug-likeness (QED) is 0.348. The largest absolute Gasteiger partial charge is 2.00 e. The monoisotopic (exact) mass is 274 g/mol. The molecular weight excluding hydrogens is 260 g/mol. The molecule has 94 valence electrons. The molecule has 3 N–H and O–H groups in total. The molecule has 0 aromatic rings. The van der Waals surface area contributed by atoms with Crippen molar-refractivity contribution in [1.29, 1.82) is 0 Å². The van der Waals surface area contributed by atoms with Crippen molar-refractivity contribution in [2.75, 3.05) is 13.2 Å². The normalized spacial score (nSPS) is 7.29. The summed E-state index contributed by atoms with van der Waals surface area (Å²) in [7, 11) is 0. The third kappa shape index (κ3) is 50.1. The van der Waals surface area contributed by atoms with E-state index in [1.165, 1.54) is 0 Å². The first-order valence-corrected chi connectivity index (χ1v) is 3.92. The van der Waals surface area contributed by atoms with E-state index in [0.717, 1.165) is 12.2 Å². The molecule has 17 heavy (non-hydrogen) atoms. The van der Waals surface area contributed by atoms with Crippen molar-refractivity contribution < 1.29 is 35.1 Å². The summed E-state index contributed by atoms with van der Waals surface area (Å²) in [5.74, 6) is -2.46. The van der Waals surface area contributed by atoms with Gasteiger partial charge in [0.05, 0.1) is 25.2 Å². The Bertz CT molecular complexity index is 195. The Morgan fingerprint density at radius 3 is 1.24 bits per heavy atom. The van der Waals surface area contributed by atoms with E-state index in [9.17, 15) is 0 Å². The minimum Gasteiger partial charge on any atom is -0.545 e. The third-order valence-electron chi connectivity index (χ3n) is 0.755. The van der Waals surface area contributed by atoms with Gasteiger partial charge in [-0.15, -0.1) is 0 Å². The van der Waals surface area contributed by atoms with E-state index in [1.54, 1.807) is 0 Å². The average molecular weight is 274 g/mol.